The third-order valence-electron chi connectivity index (χ3n) is 6.93. The van der Waals surface area contributed by atoms with E-state index in [2.05, 4.69) is 6.07 Å². The van der Waals surface area contributed by atoms with Gasteiger partial charge in [0.25, 0.3) is 0 Å². The number of ether oxygens (including phenoxy) is 2. The molecule has 0 spiro atoms. The fourth-order valence-corrected chi connectivity index (χ4v) is 6.39. The van der Waals surface area contributed by atoms with Crippen molar-refractivity contribution in [3.8, 4) is 11.5 Å². The summed E-state index contributed by atoms with van der Waals surface area (Å²) in [6.07, 6.45) is 1.01. The molecule has 3 aliphatic rings. The Bertz CT molecular complexity index is 1140. The second kappa shape index (κ2) is 9.52. The maximum atomic E-state index is 13.2. The van der Waals surface area contributed by atoms with Crippen LogP contribution in [-0.2, 0) is 21.4 Å². The number of amides is 1. The summed E-state index contributed by atoms with van der Waals surface area (Å²) in [5.41, 5.74) is 1.19. The lowest BCUT2D eigenvalue weighted by Gasteiger charge is -2.36. The second-order valence-electron chi connectivity index (χ2n) is 9.07. The first-order valence-electron chi connectivity index (χ1n) is 11.7. The van der Waals surface area contributed by atoms with Gasteiger partial charge in [0.2, 0.25) is 22.7 Å². The summed E-state index contributed by atoms with van der Waals surface area (Å²) in [5.74, 6) is 1.07. The number of nitrogens with zero attached hydrogens (tertiary/aromatic N) is 2. The zero-order valence-electron chi connectivity index (χ0n) is 18.9. The highest BCUT2D eigenvalue weighted by Gasteiger charge is 2.35. The van der Waals surface area contributed by atoms with Crippen molar-refractivity contribution in [2.45, 2.75) is 24.3 Å². The van der Waals surface area contributed by atoms with E-state index in [-0.39, 0.29) is 23.5 Å². The minimum atomic E-state index is -3.67. The summed E-state index contributed by atoms with van der Waals surface area (Å²) in [5, 5.41) is 0. The maximum absolute atomic E-state index is 13.2. The van der Waals surface area contributed by atoms with Crippen LogP contribution in [0.25, 0.3) is 0 Å². The number of carbonyl (C=O) groups is 1. The van der Waals surface area contributed by atoms with Crippen molar-refractivity contribution in [2.24, 2.45) is 5.92 Å². The SMILES string of the molecule is O=C(C1CCN(S(=O)(=O)c2ccc(F)cc2)CC1)N1CC[NH+](Cc2ccc3c(c2)OCO3)CC1. The molecule has 0 atom stereocenters. The number of benzene rings is 2. The molecule has 2 saturated heterocycles. The Morgan fingerprint density at radius 2 is 1.65 bits per heavy atom. The molecule has 0 unspecified atom stereocenters. The van der Waals surface area contributed by atoms with E-state index in [9.17, 15) is 17.6 Å². The summed E-state index contributed by atoms with van der Waals surface area (Å²) >= 11 is 0. The first kappa shape index (κ1) is 23.1. The van der Waals surface area contributed by atoms with Gasteiger partial charge in [0, 0.05) is 24.6 Å². The van der Waals surface area contributed by atoms with Crippen molar-refractivity contribution < 1.29 is 32.0 Å². The number of quaternary nitrogens is 1. The van der Waals surface area contributed by atoms with Crippen LogP contribution in [0.1, 0.15) is 18.4 Å². The number of piperazine rings is 1. The molecule has 2 fully saturated rings. The van der Waals surface area contributed by atoms with Crippen LogP contribution in [0.15, 0.2) is 47.4 Å². The molecule has 0 saturated carbocycles. The lowest BCUT2D eigenvalue weighted by Crippen LogP contribution is -3.13. The van der Waals surface area contributed by atoms with Crippen molar-refractivity contribution in [1.29, 1.82) is 0 Å². The van der Waals surface area contributed by atoms with Gasteiger partial charge in [-0.3, -0.25) is 4.79 Å². The summed E-state index contributed by atoms with van der Waals surface area (Å²) in [6, 6.07) is 10.9. The predicted molar refractivity (Wildman–Crippen MR) is 121 cm³/mol. The van der Waals surface area contributed by atoms with Gasteiger partial charge in [-0.15, -0.1) is 0 Å². The zero-order chi connectivity index (χ0) is 23.7. The Kier molecular flexibility index (Phi) is 6.46. The van der Waals surface area contributed by atoms with Gasteiger partial charge in [-0.25, -0.2) is 12.8 Å². The minimum absolute atomic E-state index is 0.0835. The standard InChI is InChI=1S/C24H28FN3O5S/c25-20-2-4-21(5-3-20)34(30,31)28-9-7-19(8-10-28)24(29)27-13-11-26(12-14-27)16-18-1-6-22-23(15-18)33-17-32-22/h1-6,15,19H,7-14,16-17H2/p+1. The molecule has 1 amide bonds. The molecule has 34 heavy (non-hydrogen) atoms. The fourth-order valence-electron chi connectivity index (χ4n) is 4.92. The highest BCUT2D eigenvalue weighted by molar-refractivity contribution is 7.89. The van der Waals surface area contributed by atoms with Gasteiger partial charge in [-0.05, 0) is 55.3 Å². The van der Waals surface area contributed by atoms with Crippen molar-refractivity contribution in [3.63, 3.8) is 0 Å². The molecule has 2 aromatic carbocycles. The Morgan fingerprint density at radius 1 is 0.971 bits per heavy atom. The Hall–Kier alpha value is -2.69. The van der Waals surface area contributed by atoms with Crippen molar-refractivity contribution in [3.05, 3.63) is 53.8 Å². The topological polar surface area (TPSA) is 80.6 Å². The average Bonchev–Trinajstić information content (AvgIpc) is 3.32. The number of nitrogens with one attached hydrogen (secondary N) is 1. The van der Waals surface area contributed by atoms with E-state index >= 15 is 0 Å². The third kappa shape index (κ3) is 4.75. The van der Waals surface area contributed by atoms with Crippen LogP contribution in [0.3, 0.4) is 0 Å². The van der Waals surface area contributed by atoms with Crippen LogP contribution in [0.4, 0.5) is 4.39 Å². The van der Waals surface area contributed by atoms with Crippen LogP contribution in [0.2, 0.25) is 0 Å². The van der Waals surface area contributed by atoms with Gasteiger partial charge in [0.15, 0.2) is 11.5 Å². The van der Waals surface area contributed by atoms with Crippen molar-refractivity contribution in [1.82, 2.24) is 9.21 Å². The number of hydrogen-bond acceptors (Lipinski definition) is 5. The van der Waals surface area contributed by atoms with E-state index in [0.29, 0.717) is 39.0 Å². The molecule has 5 rings (SSSR count). The van der Waals surface area contributed by atoms with Gasteiger partial charge in [-0.1, -0.05) is 0 Å². The van der Waals surface area contributed by atoms with Gasteiger partial charge in [-0.2, -0.15) is 4.31 Å². The highest BCUT2D eigenvalue weighted by Crippen LogP contribution is 2.32. The molecule has 0 bridgehead atoms. The summed E-state index contributed by atoms with van der Waals surface area (Å²) in [7, 11) is -3.67. The van der Waals surface area contributed by atoms with Crippen LogP contribution in [0.5, 0.6) is 11.5 Å². The lowest BCUT2D eigenvalue weighted by molar-refractivity contribution is -0.917. The zero-order valence-corrected chi connectivity index (χ0v) is 19.7. The minimum Gasteiger partial charge on any atom is -0.454 e. The van der Waals surface area contributed by atoms with E-state index in [1.807, 2.05) is 17.0 Å². The number of carbonyl (C=O) groups excluding carboxylic acids is 1. The van der Waals surface area contributed by atoms with Crippen LogP contribution < -0.4 is 14.4 Å². The molecule has 3 aliphatic heterocycles. The van der Waals surface area contributed by atoms with E-state index in [4.69, 9.17) is 9.47 Å². The third-order valence-corrected chi connectivity index (χ3v) is 8.84. The van der Waals surface area contributed by atoms with Gasteiger partial charge in [0.05, 0.1) is 31.1 Å². The van der Waals surface area contributed by atoms with E-state index in [0.717, 1.165) is 43.3 Å². The molecule has 182 valence electrons. The Labute approximate surface area is 198 Å². The first-order chi connectivity index (χ1) is 16.4. The number of rotatable bonds is 5. The molecule has 10 heteroatoms. The Morgan fingerprint density at radius 3 is 2.35 bits per heavy atom. The monoisotopic (exact) mass is 490 g/mol. The summed E-state index contributed by atoms with van der Waals surface area (Å²) in [6.45, 7) is 4.88. The smallest absolute Gasteiger partial charge is 0.243 e. The number of piperidine rings is 1. The molecular formula is C24H29FN3O5S+. The average molecular weight is 491 g/mol. The molecule has 8 nitrogen and oxygen atoms in total. The number of hydrogen-bond donors (Lipinski definition) is 1. The molecule has 3 heterocycles. The van der Waals surface area contributed by atoms with Crippen LogP contribution >= 0.6 is 0 Å². The molecule has 0 aromatic heterocycles. The molecule has 1 N–H and O–H groups in total. The van der Waals surface area contributed by atoms with Gasteiger partial charge in [0.1, 0.15) is 12.4 Å². The van der Waals surface area contributed by atoms with Crippen molar-refractivity contribution in [2.75, 3.05) is 46.1 Å². The predicted octanol–water partition coefficient (Wildman–Crippen LogP) is 0.882. The number of fused-ring (bicyclic) bond motifs is 1. The van der Waals surface area contributed by atoms with Crippen LogP contribution in [-0.4, -0.2) is 69.6 Å². The van der Waals surface area contributed by atoms with E-state index in [1.54, 1.807) is 0 Å². The first-order valence-corrected chi connectivity index (χ1v) is 13.1. The second-order valence-corrected chi connectivity index (χ2v) is 11.0. The Balaban J connectivity index is 1.11. The largest absolute Gasteiger partial charge is 0.454 e. The normalized spacial score (nSPS) is 20.0. The van der Waals surface area contributed by atoms with Gasteiger partial charge >= 0.3 is 0 Å². The fraction of sp³-hybridized carbons (Fsp3) is 0.458. The molecule has 0 aliphatic carbocycles. The molecule has 0 radical (unpaired) electrons. The quantitative estimate of drug-likeness (QED) is 0.673. The van der Waals surface area contributed by atoms with E-state index in [1.165, 1.54) is 26.9 Å². The molecule has 2 aromatic rings. The maximum Gasteiger partial charge on any atom is 0.243 e. The van der Waals surface area contributed by atoms with Gasteiger partial charge < -0.3 is 19.3 Å². The van der Waals surface area contributed by atoms with E-state index < -0.39 is 15.8 Å². The highest BCUT2D eigenvalue weighted by atomic mass is 32.2. The summed E-state index contributed by atoms with van der Waals surface area (Å²) < 4.78 is 51.0. The number of halogens is 1. The number of sulfonamides is 1. The van der Waals surface area contributed by atoms with Crippen molar-refractivity contribution >= 4 is 15.9 Å². The summed E-state index contributed by atoms with van der Waals surface area (Å²) in [4.78, 5) is 16.5. The lowest BCUT2D eigenvalue weighted by atomic mass is 9.96. The molecular weight excluding hydrogens is 461 g/mol. The van der Waals surface area contributed by atoms with Crippen LogP contribution in [0, 0.1) is 11.7 Å².